The van der Waals surface area contributed by atoms with Crippen LogP contribution >= 0.6 is 34.2 Å². The van der Waals surface area contributed by atoms with Gasteiger partial charge in [0.2, 0.25) is 0 Å². The molecule has 0 bridgehead atoms. The molecule has 102 valence electrons. The van der Waals surface area contributed by atoms with Crippen molar-refractivity contribution in [1.29, 1.82) is 0 Å². The van der Waals surface area contributed by atoms with Crippen molar-refractivity contribution < 1.29 is 0 Å². The van der Waals surface area contributed by atoms with Gasteiger partial charge in [-0.15, -0.1) is 0 Å². The molecule has 0 fully saturated rings. The number of nitrogens with zero attached hydrogens (tertiary/aromatic N) is 2. The summed E-state index contributed by atoms with van der Waals surface area (Å²) in [6.45, 7) is 2.93. The van der Waals surface area contributed by atoms with E-state index in [4.69, 9.17) is 17.4 Å². The third-order valence-corrected chi connectivity index (χ3v) is 4.57. The second kappa shape index (κ2) is 6.69. The zero-order chi connectivity index (χ0) is 13.8. The van der Waals surface area contributed by atoms with Crippen LogP contribution in [0.25, 0.3) is 0 Å². The lowest BCUT2D eigenvalue weighted by molar-refractivity contribution is 0.551. The van der Waals surface area contributed by atoms with Crippen LogP contribution in [0.5, 0.6) is 0 Å². The van der Waals surface area contributed by atoms with Crippen molar-refractivity contribution in [3.05, 3.63) is 50.3 Å². The minimum Gasteiger partial charge on any atom is -0.273 e. The highest BCUT2D eigenvalue weighted by molar-refractivity contribution is 14.1. The third kappa shape index (κ3) is 3.68. The molecule has 0 spiro atoms. The summed E-state index contributed by atoms with van der Waals surface area (Å²) in [6.07, 6.45) is 4.70. The Labute approximate surface area is 131 Å². The molecule has 0 saturated heterocycles. The van der Waals surface area contributed by atoms with E-state index in [1.165, 1.54) is 0 Å². The van der Waals surface area contributed by atoms with Crippen molar-refractivity contribution in [3.63, 3.8) is 0 Å². The number of hydrogen-bond acceptors (Lipinski definition) is 3. The normalized spacial score (nSPS) is 12.6. The molecule has 0 saturated carbocycles. The molecule has 1 atom stereocenters. The fourth-order valence-electron chi connectivity index (χ4n) is 1.92. The van der Waals surface area contributed by atoms with Gasteiger partial charge in [0.25, 0.3) is 0 Å². The summed E-state index contributed by atoms with van der Waals surface area (Å²) in [5.41, 5.74) is 5.08. The van der Waals surface area contributed by atoms with E-state index in [0.717, 1.165) is 32.7 Å². The number of nitrogens with one attached hydrogen (secondary N) is 1. The fraction of sp³-hybridized carbons (Fsp3) is 0.308. The molecule has 1 aromatic carbocycles. The van der Waals surface area contributed by atoms with Crippen molar-refractivity contribution in [2.45, 2.75) is 25.9 Å². The number of halogens is 2. The van der Waals surface area contributed by atoms with Crippen LogP contribution in [0.15, 0.2) is 30.6 Å². The van der Waals surface area contributed by atoms with E-state index in [1.54, 1.807) is 0 Å². The van der Waals surface area contributed by atoms with Crippen molar-refractivity contribution >= 4 is 34.2 Å². The number of hydrazine groups is 1. The zero-order valence-corrected chi connectivity index (χ0v) is 13.5. The molecule has 2 aromatic rings. The van der Waals surface area contributed by atoms with Crippen LogP contribution in [0.4, 0.5) is 0 Å². The predicted molar refractivity (Wildman–Crippen MR) is 85.8 cm³/mol. The second-order valence-electron chi connectivity index (χ2n) is 4.30. The van der Waals surface area contributed by atoms with Gasteiger partial charge in [0, 0.05) is 16.3 Å². The van der Waals surface area contributed by atoms with Crippen LogP contribution in [-0.4, -0.2) is 9.78 Å². The van der Waals surface area contributed by atoms with Gasteiger partial charge in [-0.25, -0.2) is 0 Å². The van der Waals surface area contributed by atoms with Crippen LogP contribution < -0.4 is 11.3 Å². The van der Waals surface area contributed by atoms with E-state index >= 15 is 0 Å². The summed E-state index contributed by atoms with van der Waals surface area (Å²) >= 11 is 8.36. The summed E-state index contributed by atoms with van der Waals surface area (Å²) in [5.74, 6) is 5.66. The minimum absolute atomic E-state index is 0.0315. The van der Waals surface area contributed by atoms with Crippen molar-refractivity contribution in [1.82, 2.24) is 15.2 Å². The first-order chi connectivity index (χ1) is 9.13. The van der Waals surface area contributed by atoms with Crippen LogP contribution in [0, 0.1) is 3.57 Å². The lowest BCUT2D eigenvalue weighted by atomic mass is 10.0. The maximum absolute atomic E-state index is 6.15. The van der Waals surface area contributed by atoms with Gasteiger partial charge < -0.3 is 0 Å². The van der Waals surface area contributed by atoms with Crippen LogP contribution in [-0.2, 0) is 13.0 Å². The molecule has 0 aliphatic heterocycles. The standard InChI is InChI=1S/C13H16ClIN4/c1-2-19-8-9(7-17-19)5-13(18-16)10-3-4-12(15)11(14)6-10/h3-4,6-8,13,18H,2,5,16H2,1H3. The molecule has 0 radical (unpaired) electrons. The largest absolute Gasteiger partial charge is 0.273 e. The predicted octanol–water partition coefficient (Wildman–Crippen LogP) is 2.91. The van der Waals surface area contributed by atoms with E-state index in [1.807, 2.05) is 35.3 Å². The van der Waals surface area contributed by atoms with Crippen molar-refractivity contribution in [2.24, 2.45) is 5.84 Å². The average molecular weight is 391 g/mol. The van der Waals surface area contributed by atoms with Gasteiger partial charge in [0.15, 0.2) is 0 Å². The molecular weight excluding hydrogens is 375 g/mol. The van der Waals surface area contributed by atoms with E-state index in [0.29, 0.717) is 0 Å². The quantitative estimate of drug-likeness (QED) is 0.469. The second-order valence-corrected chi connectivity index (χ2v) is 5.87. The molecule has 19 heavy (non-hydrogen) atoms. The van der Waals surface area contributed by atoms with Crippen LogP contribution in [0.3, 0.4) is 0 Å². The Kier molecular flexibility index (Phi) is 5.20. The minimum atomic E-state index is 0.0315. The van der Waals surface area contributed by atoms with Gasteiger partial charge in [0.1, 0.15) is 0 Å². The summed E-state index contributed by atoms with van der Waals surface area (Å²) in [7, 11) is 0. The summed E-state index contributed by atoms with van der Waals surface area (Å²) in [5, 5.41) is 5.02. The third-order valence-electron chi connectivity index (χ3n) is 3.00. The fourth-order valence-corrected chi connectivity index (χ4v) is 2.45. The highest BCUT2D eigenvalue weighted by atomic mass is 127. The molecule has 1 heterocycles. The van der Waals surface area contributed by atoms with Crippen molar-refractivity contribution in [3.8, 4) is 0 Å². The lowest BCUT2D eigenvalue weighted by Gasteiger charge is -2.16. The SMILES string of the molecule is CCn1cc(CC(NN)c2ccc(I)c(Cl)c2)cn1. The number of rotatable bonds is 5. The Morgan fingerprint density at radius 3 is 2.89 bits per heavy atom. The molecule has 6 heteroatoms. The van der Waals surface area contributed by atoms with E-state index in [2.05, 4.69) is 40.0 Å². The van der Waals surface area contributed by atoms with Gasteiger partial charge in [-0.1, -0.05) is 17.7 Å². The number of hydrogen-bond donors (Lipinski definition) is 2. The van der Waals surface area contributed by atoms with E-state index in [-0.39, 0.29) is 6.04 Å². The monoisotopic (exact) mass is 390 g/mol. The number of aromatic nitrogens is 2. The Balaban J connectivity index is 2.17. The number of benzene rings is 1. The van der Waals surface area contributed by atoms with Crippen molar-refractivity contribution in [2.75, 3.05) is 0 Å². The molecule has 2 rings (SSSR count). The highest BCUT2D eigenvalue weighted by Crippen LogP contribution is 2.24. The smallest absolute Gasteiger partial charge is 0.0542 e. The van der Waals surface area contributed by atoms with E-state index in [9.17, 15) is 0 Å². The number of nitrogens with two attached hydrogens (primary N) is 1. The Morgan fingerprint density at radius 1 is 1.53 bits per heavy atom. The molecule has 0 amide bonds. The molecule has 1 aromatic heterocycles. The molecule has 0 aliphatic carbocycles. The lowest BCUT2D eigenvalue weighted by Crippen LogP contribution is -2.29. The summed E-state index contributed by atoms with van der Waals surface area (Å²) in [6, 6.07) is 6.03. The van der Waals surface area contributed by atoms with Gasteiger partial charge in [-0.3, -0.25) is 16.0 Å². The summed E-state index contributed by atoms with van der Waals surface area (Å²) < 4.78 is 2.95. The van der Waals surface area contributed by atoms with Crippen LogP contribution in [0.1, 0.15) is 24.1 Å². The first-order valence-electron chi connectivity index (χ1n) is 6.06. The first kappa shape index (κ1) is 14.8. The maximum Gasteiger partial charge on any atom is 0.0542 e. The Hall–Kier alpha value is -0.630. The average Bonchev–Trinajstić information content (AvgIpc) is 2.87. The zero-order valence-electron chi connectivity index (χ0n) is 10.6. The molecular formula is C13H16ClIN4. The Morgan fingerprint density at radius 2 is 2.32 bits per heavy atom. The van der Waals surface area contributed by atoms with E-state index < -0.39 is 0 Å². The first-order valence-corrected chi connectivity index (χ1v) is 7.52. The van der Waals surface area contributed by atoms with Gasteiger partial charge >= 0.3 is 0 Å². The topological polar surface area (TPSA) is 55.9 Å². The molecule has 0 aliphatic rings. The maximum atomic E-state index is 6.15. The molecule has 1 unspecified atom stereocenters. The molecule has 3 N–H and O–H groups in total. The van der Waals surface area contributed by atoms with Crippen LogP contribution in [0.2, 0.25) is 5.02 Å². The number of aryl methyl sites for hydroxylation is 1. The highest BCUT2D eigenvalue weighted by Gasteiger charge is 2.13. The Bertz CT molecular complexity index is 555. The summed E-state index contributed by atoms with van der Waals surface area (Å²) in [4.78, 5) is 0. The van der Waals surface area contributed by atoms with Gasteiger partial charge in [0.05, 0.1) is 17.3 Å². The van der Waals surface area contributed by atoms with Gasteiger partial charge in [-0.2, -0.15) is 5.10 Å². The van der Waals surface area contributed by atoms with Gasteiger partial charge in [-0.05, 0) is 59.2 Å². The molecule has 4 nitrogen and oxygen atoms in total.